The predicted molar refractivity (Wildman–Crippen MR) is 85.9 cm³/mol. The van der Waals surface area contributed by atoms with E-state index in [1.807, 2.05) is 0 Å². The summed E-state index contributed by atoms with van der Waals surface area (Å²) in [5.41, 5.74) is -0.468. The Balaban J connectivity index is 2.86. The van der Waals surface area contributed by atoms with E-state index in [9.17, 15) is 18.0 Å². The van der Waals surface area contributed by atoms with Gasteiger partial charge in [0.15, 0.2) is 6.61 Å². The van der Waals surface area contributed by atoms with Crippen LogP contribution in [0.1, 0.15) is 31.1 Å². The van der Waals surface area contributed by atoms with Crippen LogP contribution < -0.4 is 10.0 Å². The molecule has 0 fully saturated rings. The van der Waals surface area contributed by atoms with Gasteiger partial charge in [0, 0.05) is 5.54 Å². The molecule has 0 saturated carbocycles. The molecule has 0 radical (unpaired) electrons. The van der Waals surface area contributed by atoms with Crippen LogP contribution in [-0.4, -0.2) is 39.5 Å². The molecule has 0 saturated heterocycles. The normalized spacial score (nSPS) is 11.9. The maximum absolute atomic E-state index is 11.9. The Morgan fingerprint density at radius 1 is 1.26 bits per heavy atom. The molecule has 0 aliphatic carbocycles. The average Bonchev–Trinajstić information content (AvgIpc) is 2.43. The Kier molecular flexibility index (Phi) is 6.15. The van der Waals surface area contributed by atoms with Gasteiger partial charge in [-0.25, -0.2) is 17.9 Å². The number of sulfonamides is 1. The van der Waals surface area contributed by atoms with E-state index >= 15 is 0 Å². The van der Waals surface area contributed by atoms with Crippen LogP contribution in [0.2, 0.25) is 5.02 Å². The van der Waals surface area contributed by atoms with Crippen molar-refractivity contribution in [3.63, 3.8) is 0 Å². The number of amides is 1. The molecule has 0 aliphatic rings. The lowest BCUT2D eigenvalue weighted by Gasteiger charge is -2.20. The van der Waals surface area contributed by atoms with Gasteiger partial charge >= 0.3 is 5.97 Å². The second kappa shape index (κ2) is 7.29. The van der Waals surface area contributed by atoms with Gasteiger partial charge in [0.1, 0.15) is 4.90 Å². The molecule has 0 unspecified atom stereocenters. The number of hydrogen-bond donors (Lipinski definition) is 2. The van der Waals surface area contributed by atoms with E-state index in [0.29, 0.717) is 0 Å². The summed E-state index contributed by atoms with van der Waals surface area (Å²) in [4.78, 5) is 23.3. The van der Waals surface area contributed by atoms with Crippen molar-refractivity contribution in [2.45, 2.75) is 31.2 Å². The molecule has 1 rings (SSSR count). The minimum absolute atomic E-state index is 0.0215. The first-order valence-electron chi connectivity index (χ1n) is 6.67. The van der Waals surface area contributed by atoms with Gasteiger partial charge in [-0.2, -0.15) is 0 Å². The summed E-state index contributed by atoms with van der Waals surface area (Å²) in [6.07, 6.45) is 0. The van der Waals surface area contributed by atoms with Gasteiger partial charge in [-0.1, -0.05) is 11.6 Å². The number of carbonyl (C=O) groups is 2. The maximum Gasteiger partial charge on any atom is 0.338 e. The average molecular weight is 363 g/mol. The van der Waals surface area contributed by atoms with Crippen LogP contribution in [0.25, 0.3) is 0 Å². The summed E-state index contributed by atoms with van der Waals surface area (Å²) in [6, 6.07) is 3.69. The number of ether oxygens (including phenoxy) is 1. The highest BCUT2D eigenvalue weighted by Gasteiger charge is 2.20. The first-order chi connectivity index (χ1) is 10.5. The standard InChI is InChI=1S/C14H19ClN2O5S/c1-14(2,3)17-12(18)8-22-13(19)9-5-6-10(15)11(7-9)23(20,21)16-4/h5-7,16H,8H2,1-4H3,(H,17,18). The van der Waals surface area contributed by atoms with Gasteiger partial charge in [0.25, 0.3) is 5.91 Å². The molecule has 2 N–H and O–H groups in total. The Morgan fingerprint density at radius 3 is 2.39 bits per heavy atom. The van der Waals surface area contributed by atoms with E-state index in [4.69, 9.17) is 16.3 Å². The van der Waals surface area contributed by atoms with Crippen LogP contribution in [0.15, 0.2) is 23.1 Å². The van der Waals surface area contributed by atoms with Crippen LogP contribution in [0.3, 0.4) is 0 Å². The molecular formula is C14H19ClN2O5S. The lowest BCUT2D eigenvalue weighted by Crippen LogP contribution is -2.42. The van der Waals surface area contributed by atoms with Crippen LogP contribution >= 0.6 is 11.6 Å². The zero-order valence-electron chi connectivity index (χ0n) is 13.3. The fourth-order valence-electron chi connectivity index (χ4n) is 1.61. The summed E-state index contributed by atoms with van der Waals surface area (Å²) in [5, 5.41) is 2.61. The van der Waals surface area contributed by atoms with Gasteiger partial charge < -0.3 is 10.1 Å². The molecule has 9 heteroatoms. The smallest absolute Gasteiger partial charge is 0.338 e. The number of benzene rings is 1. The highest BCUT2D eigenvalue weighted by molar-refractivity contribution is 7.89. The van der Waals surface area contributed by atoms with Crippen molar-refractivity contribution in [1.82, 2.24) is 10.0 Å². The topological polar surface area (TPSA) is 102 Å². The van der Waals surface area contributed by atoms with Crippen molar-refractivity contribution in [1.29, 1.82) is 0 Å². The molecule has 1 aromatic rings. The maximum atomic E-state index is 11.9. The Hall–Kier alpha value is -1.64. The van der Waals surface area contributed by atoms with Crippen molar-refractivity contribution in [2.24, 2.45) is 0 Å². The number of esters is 1. The van der Waals surface area contributed by atoms with Crippen LogP contribution in [0, 0.1) is 0 Å². The van der Waals surface area contributed by atoms with E-state index in [2.05, 4.69) is 10.0 Å². The number of halogens is 1. The molecule has 128 valence electrons. The SMILES string of the molecule is CNS(=O)(=O)c1cc(C(=O)OCC(=O)NC(C)(C)C)ccc1Cl. The van der Waals surface area contributed by atoms with Gasteiger partial charge in [-0.15, -0.1) is 0 Å². The molecular weight excluding hydrogens is 344 g/mol. The second-order valence-electron chi connectivity index (χ2n) is 5.73. The van der Waals surface area contributed by atoms with Gasteiger partial charge in [0.2, 0.25) is 10.0 Å². The van der Waals surface area contributed by atoms with Gasteiger partial charge in [-0.05, 0) is 46.0 Å². The van der Waals surface area contributed by atoms with Crippen molar-refractivity contribution in [2.75, 3.05) is 13.7 Å². The summed E-state index contributed by atoms with van der Waals surface area (Å²) in [7, 11) is -2.58. The van der Waals surface area contributed by atoms with E-state index in [-0.39, 0.29) is 15.5 Å². The molecule has 7 nitrogen and oxygen atoms in total. The molecule has 0 bridgehead atoms. The van der Waals surface area contributed by atoms with E-state index < -0.39 is 34.0 Å². The summed E-state index contributed by atoms with van der Waals surface area (Å²) in [5.74, 6) is -1.28. The summed E-state index contributed by atoms with van der Waals surface area (Å²) < 4.78 is 30.6. The Bertz CT molecular complexity index is 710. The summed E-state index contributed by atoms with van der Waals surface area (Å²) in [6.45, 7) is 4.91. The van der Waals surface area contributed by atoms with Crippen LogP contribution in [0.4, 0.5) is 0 Å². The molecule has 0 heterocycles. The molecule has 1 amide bonds. The fraction of sp³-hybridized carbons (Fsp3) is 0.429. The van der Waals surface area contributed by atoms with Crippen molar-refractivity contribution >= 4 is 33.5 Å². The molecule has 0 aliphatic heterocycles. The van der Waals surface area contributed by atoms with Crippen molar-refractivity contribution in [3.8, 4) is 0 Å². The molecule has 0 aromatic heterocycles. The van der Waals surface area contributed by atoms with Gasteiger partial charge in [-0.3, -0.25) is 4.79 Å². The molecule has 0 atom stereocenters. The van der Waals surface area contributed by atoms with Crippen molar-refractivity contribution < 1.29 is 22.7 Å². The monoisotopic (exact) mass is 362 g/mol. The number of nitrogens with one attached hydrogen (secondary N) is 2. The van der Waals surface area contributed by atoms with Gasteiger partial charge in [0.05, 0.1) is 10.6 Å². The predicted octanol–water partition coefficient (Wildman–Crippen LogP) is 1.32. The van der Waals surface area contributed by atoms with Crippen LogP contribution in [-0.2, 0) is 19.6 Å². The minimum Gasteiger partial charge on any atom is -0.452 e. The second-order valence-corrected chi connectivity index (χ2v) is 7.99. The molecule has 1 aromatic carbocycles. The Morgan fingerprint density at radius 2 is 1.87 bits per heavy atom. The number of hydrogen-bond acceptors (Lipinski definition) is 5. The first kappa shape index (κ1) is 19.4. The third-order valence-corrected chi connectivity index (χ3v) is 4.47. The quantitative estimate of drug-likeness (QED) is 0.769. The van der Waals surface area contributed by atoms with Crippen LogP contribution in [0.5, 0.6) is 0 Å². The minimum atomic E-state index is -3.81. The third-order valence-electron chi connectivity index (χ3n) is 2.57. The highest BCUT2D eigenvalue weighted by atomic mass is 35.5. The number of carbonyl (C=O) groups excluding carboxylic acids is 2. The largest absolute Gasteiger partial charge is 0.452 e. The zero-order valence-corrected chi connectivity index (χ0v) is 14.8. The lowest BCUT2D eigenvalue weighted by atomic mass is 10.1. The van der Waals surface area contributed by atoms with Crippen molar-refractivity contribution in [3.05, 3.63) is 28.8 Å². The van der Waals surface area contributed by atoms with E-state index in [1.54, 1.807) is 20.8 Å². The third kappa shape index (κ3) is 5.81. The molecule has 23 heavy (non-hydrogen) atoms. The Labute approximate surface area is 140 Å². The van der Waals surface area contributed by atoms with E-state index in [0.717, 1.165) is 6.07 Å². The zero-order chi connectivity index (χ0) is 17.8. The summed E-state index contributed by atoms with van der Waals surface area (Å²) >= 11 is 5.83. The molecule has 0 spiro atoms. The number of rotatable bonds is 5. The lowest BCUT2D eigenvalue weighted by molar-refractivity contribution is -0.125. The fourth-order valence-corrected chi connectivity index (χ4v) is 2.86. The van der Waals surface area contributed by atoms with E-state index in [1.165, 1.54) is 19.2 Å². The highest BCUT2D eigenvalue weighted by Crippen LogP contribution is 2.22. The first-order valence-corrected chi connectivity index (χ1v) is 8.53.